The number of hydrogen-bond donors (Lipinski definition) is 1. The van der Waals surface area contributed by atoms with E-state index >= 15 is 0 Å². The summed E-state index contributed by atoms with van der Waals surface area (Å²) in [6.45, 7) is 4.41. The topological polar surface area (TPSA) is 77.6 Å². The summed E-state index contributed by atoms with van der Waals surface area (Å²) in [4.78, 5) is 18.3. The van der Waals surface area contributed by atoms with Crippen molar-refractivity contribution in [3.63, 3.8) is 0 Å². The lowest BCUT2D eigenvalue weighted by molar-refractivity contribution is 0.102. The van der Waals surface area contributed by atoms with Gasteiger partial charge in [-0.15, -0.1) is 16.4 Å². The van der Waals surface area contributed by atoms with Gasteiger partial charge in [0.15, 0.2) is 16.6 Å². The maximum Gasteiger partial charge on any atom is 0.281 e. The minimum atomic E-state index is -0.327. The van der Waals surface area contributed by atoms with E-state index in [4.69, 9.17) is 0 Å². The summed E-state index contributed by atoms with van der Waals surface area (Å²) in [6.07, 6.45) is 3.74. The van der Waals surface area contributed by atoms with Gasteiger partial charge in [-0.2, -0.15) is 0 Å². The van der Waals surface area contributed by atoms with E-state index in [0.717, 1.165) is 16.1 Å². The Morgan fingerprint density at radius 2 is 1.85 bits per heavy atom. The molecule has 3 aromatic heterocycles. The minimum Gasteiger partial charge on any atom is -0.307 e. The lowest BCUT2D eigenvalue weighted by atomic mass is 10.2. The number of aromatic nitrogens is 5. The lowest BCUT2D eigenvalue weighted by Gasteiger charge is -2.09. The van der Waals surface area contributed by atoms with Crippen molar-refractivity contribution in [2.45, 2.75) is 20.4 Å². The van der Waals surface area contributed by atoms with Crippen molar-refractivity contribution in [1.82, 2.24) is 24.5 Å². The molecule has 0 aliphatic rings. The van der Waals surface area contributed by atoms with Crippen molar-refractivity contribution >= 4 is 22.4 Å². The Labute approximate surface area is 160 Å². The Bertz CT molecular complexity index is 1050. The van der Waals surface area contributed by atoms with Crippen LogP contribution in [0.1, 0.15) is 26.6 Å². The van der Waals surface area contributed by atoms with E-state index < -0.39 is 0 Å². The number of carbonyl (C=O) groups excluding carboxylic acids is 1. The molecule has 0 saturated carbocycles. The molecule has 4 rings (SSSR count). The maximum atomic E-state index is 12.8. The van der Waals surface area contributed by atoms with Crippen molar-refractivity contribution < 1.29 is 4.79 Å². The van der Waals surface area contributed by atoms with Crippen LogP contribution in [0, 0.1) is 13.8 Å². The van der Waals surface area contributed by atoms with Gasteiger partial charge in [0.25, 0.3) is 5.91 Å². The van der Waals surface area contributed by atoms with Crippen LogP contribution in [0.25, 0.3) is 5.82 Å². The number of nitrogens with zero attached hydrogens (tertiary/aromatic N) is 5. The summed E-state index contributed by atoms with van der Waals surface area (Å²) in [5, 5.41) is 11.8. The second-order valence-electron chi connectivity index (χ2n) is 6.11. The summed E-state index contributed by atoms with van der Waals surface area (Å²) >= 11 is 1.45. The molecule has 8 heteroatoms. The fourth-order valence-electron chi connectivity index (χ4n) is 2.73. The number of rotatable bonds is 5. The summed E-state index contributed by atoms with van der Waals surface area (Å²) in [6, 6.07) is 13.7. The predicted molar refractivity (Wildman–Crippen MR) is 104 cm³/mol. The first kappa shape index (κ1) is 17.2. The SMILES string of the molecule is Cc1nc(NC(=O)c2nnn(Cc3ccccc3)c2-n2cccc2)sc1C. The van der Waals surface area contributed by atoms with Crippen LogP contribution < -0.4 is 5.32 Å². The van der Waals surface area contributed by atoms with Crippen LogP contribution in [-0.2, 0) is 6.54 Å². The molecule has 0 unspecified atom stereocenters. The highest BCUT2D eigenvalue weighted by atomic mass is 32.1. The average molecular weight is 378 g/mol. The smallest absolute Gasteiger partial charge is 0.281 e. The van der Waals surface area contributed by atoms with Crippen LogP contribution in [0.15, 0.2) is 54.9 Å². The highest BCUT2D eigenvalue weighted by Gasteiger charge is 2.22. The van der Waals surface area contributed by atoms with E-state index in [9.17, 15) is 4.79 Å². The van der Waals surface area contributed by atoms with E-state index in [0.29, 0.717) is 17.5 Å². The minimum absolute atomic E-state index is 0.257. The molecule has 4 aromatic rings. The first-order valence-corrected chi connectivity index (χ1v) is 9.29. The van der Waals surface area contributed by atoms with E-state index in [1.54, 1.807) is 4.68 Å². The summed E-state index contributed by atoms with van der Waals surface area (Å²) in [5.41, 5.74) is 2.25. The Kier molecular flexibility index (Phi) is 4.55. The average Bonchev–Trinajstić information content (AvgIpc) is 3.37. The molecule has 0 fully saturated rings. The molecule has 1 amide bonds. The van der Waals surface area contributed by atoms with Gasteiger partial charge in [-0.1, -0.05) is 35.5 Å². The second kappa shape index (κ2) is 7.16. The maximum absolute atomic E-state index is 12.8. The molecule has 7 nitrogen and oxygen atoms in total. The first-order valence-electron chi connectivity index (χ1n) is 8.48. The highest BCUT2D eigenvalue weighted by Crippen LogP contribution is 2.22. The third kappa shape index (κ3) is 3.52. The fraction of sp³-hybridized carbons (Fsp3) is 0.158. The fourth-order valence-corrected chi connectivity index (χ4v) is 3.54. The number of aryl methyl sites for hydroxylation is 2. The van der Waals surface area contributed by atoms with Gasteiger partial charge in [0, 0.05) is 17.3 Å². The van der Waals surface area contributed by atoms with Gasteiger partial charge in [-0.3, -0.25) is 10.1 Å². The predicted octanol–water partition coefficient (Wildman–Crippen LogP) is 3.44. The van der Waals surface area contributed by atoms with Crippen LogP contribution in [0.5, 0.6) is 0 Å². The van der Waals surface area contributed by atoms with E-state index in [2.05, 4.69) is 20.6 Å². The number of benzene rings is 1. The molecule has 0 aliphatic heterocycles. The van der Waals surface area contributed by atoms with Crippen LogP contribution in [0.4, 0.5) is 5.13 Å². The summed E-state index contributed by atoms with van der Waals surface area (Å²) in [5.74, 6) is 0.290. The molecule has 0 bridgehead atoms. The third-order valence-electron chi connectivity index (χ3n) is 4.20. The Hall–Kier alpha value is -3.26. The molecule has 0 spiro atoms. The molecule has 0 saturated heterocycles. The number of carbonyl (C=O) groups is 1. The number of thiazole rings is 1. The zero-order chi connectivity index (χ0) is 18.8. The Morgan fingerprint density at radius 3 is 2.52 bits per heavy atom. The van der Waals surface area contributed by atoms with Gasteiger partial charge in [0.2, 0.25) is 0 Å². The quantitative estimate of drug-likeness (QED) is 0.577. The molecular weight excluding hydrogens is 360 g/mol. The second-order valence-corrected chi connectivity index (χ2v) is 7.31. The molecule has 0 aliphatic carbocycles. The molecule has 1 aromatic carbocycles. The lowest BCUT2D eigenvalue weighted by Crippen LogP contribution is -2.16. The molecule has 136 valence electrons. The van der Waals surface area contributed by atoms with Crippen LogP contribution in [0.3, 0.4) is 0 Å². The van der Waals surface area contributed by atoms with Gasteiger partial charge >= 0.3 is 0 Å². The molecule has 0 radical (unpaired) electrons. The number of amides is 1. The van der Waals surface area contributed by atoms with Gasteiger partial charge in [-0.25, -0.2) is 9.67 Å². The Morgan fingerprint density at radius 1 is 1.11 bits per heavy atom. The van der Waals surface area contributed by atoms with Crippen LogP contribution in [-0.4, -0.2) is 30.5 Å². The Balaban J connectivity index is 1.69. The monoisotopic (exact) mass is 378 g/mol. The van der Waals surface area contributed by atoms with Gasteiger partial charge in [0.1, 0.15) is 0 Å². The standard InChI is InChI=1S/C19H18N6OS/c1-13-14(2)27-19(20-13)21-17(26)16-18(24-10-6-7-11-24)25(23-22-16)12-15-8-4-3-5-9-15/h3-11H,12H2,1-2H3,(H,20,21,26). The highest BCUT2D eigenvalue weighted by molar-refractivity contribution is 7.15. The van der Waals surface area contributed by atoms with Crippen molar-refractivity contribution in [2.75, 3.05) is 5.32 Å². The normalized spacial score (nSPS) is 10.9. The molecule has 3 heterocycles. The first-order chi connectivity index (χ1) is 13.1. The molecule has 27 heavy (non-hydrogen) atoms. The van der Waals surface area contributed by atoms with E-state index in [1.807, 2.05) is 73.3 Å². The van der Waals surface area contributed by atoms with Crippen molar-refractivity contribution in [3.05, 3.63) is 76.7 Å². The molecular formula is C19H18N6OS. The van der Waals surface area contributed by atoms with Crippen molar-refractivity contribution in [3.8, 4) is 5.82 Å². The molecule has 1 N–H and O–H groups in total. The zero-order valence-electron chi connectivity index (χ0n) is 15.0. The van der Waals surface area contributed by atoms with Gasteiger partial charge in [-0.05, 0) is 31.5 Å². The third-order valence-corrected chi connectivity index (χ3v) is 5.19. The zero-order valence-corrected chi connectivity index (χ0v) is 15.8. The molecule has 0 atom stereocenters. The largest absolute Gasteiger partial charge is 0.307 e. The van der Waals surface area contributed by atoms with Crippen LogP contribution in [0.2, 0.25) is 0 Å². The van der Waals surface area contributed by atoms with E-state index in [1.165, 1.54) is 11.3 Å². The van der Waals surface area contributed by atoms with E-state index in [-0.39, 0.29) is 11.6 Å². The number of nitrogens with one attached hydrogen (secondary N) is 1. The van der Waals surface area contributed by atoms with Crippen molar-refractivity contribution in [2.24, 2.45) is 0 Å². The van der Waals surface area contributed by atoms with Gasteiger partial charge in [0.05, 0.1) is 12.2 Å². The van der Waals surface area contributed by atoms with Crippen molar-refractivity contribution in [1.29, 1.82) is 0 Å². The van der Waals surface area contributed by atoms with Gasteiger partial charge < -0.3 is 4.57 Å². The summed E-state index contributed by atoms with van der Waals surface area (Å²) in [7, 11) is 0. The number of anilines is 1. The summed E-state index contributed by atoms with van der Waals surface area (Å²) < 4.78 is 3.57. The van der Waals surface area contributed by atoms with Crippen LogP contribution >= 0.6 is 11.3 Å². The number of hydrogen-bond acceptors (Lipinski definition) is 5.